The standard InChI is InChI=1S/C25H28N6O/c1-2-3-10-22-26-25(15-6-7-16-25)24(32)31(22)17-18-11-13-19(14-12-18)20-8-4-5-9-21(20)23-27-29-30-28-23/h4-5,8-9,11-14H,2-3,6-7,10,15-17H2,1H3,(H,27,28,29,30)/i/hD. The Labute approximate surface area is 189 Å². The van der Waals surface area contributed by atoms with E-state index in [1.165, 1.54) is 0 Å². The lowest BCUT2D eigenvalue weighted by atomic mass is 9.97. The first-order chi connectivity index (χ1) is 16.1. The maximum absolute atomic E-state index is 13.4. The molecule has 164 valence electrons. The highest BCUT2D eigenvalue weighted by atomic mass is 16.2. The van der Waals surface area contributed by atoms with Gasteiger partial charge in [0, 0.05) is 12.0 Å². The number of aromatic amines is 1. The number of nitrogens with one attached hydrogen (secondary N) is 1. The number of benzene rings is 2. The van der Waals surface area contributed by atoms with E-state index in [9.17, 15) is 4.79 Å². The molecule has 32 heavy (non-hydrogen) atoms. The first-order valence-corrected chi connectivity index (χ1v) is 11.5. The van der Waals surface area contributed by atoms with Crippen LogP contribution in [0.1, 0.15) is 57.4 Å². The van der Waals surface area contributed by atoms with E-state index in [0.717, 1.165) is 78.1 Å². The molecule has 5 rings (SSSR count). The van der Waals surface area contributed by atoms with Crippen molar-refractivity contribution in [3.63, 3.8) is 0 Å². The van der Waals surface area contributed by atoms with Crippen LogP contribution in [0.4, 0.5) is 0 Å². The lowest BCUT2D eigenvalue weighted by Gasteiger charge is -2.23. The van der Waals surface area contributed by atoms with Gasteiger partial charge in [0.05, 0.1) is 6.54 Å². The van der Waals surface area contributed by atoms with Gasteiger partial charge in [-0.15, -0.1) is 5.10 Å². The van der Waals surface area contributed by atoms with Gasteiger partial charge in [0.2, 0.25) is 0 Å². The maximum Gasteiger partial charge on any atom is 0.256 e. The first-order valence-electron chi connectivity index (χ1n) is 11.9. The van der Waals surface area contributed by atoms with Gasteiger partial charge in [-0.25, -0.2) is 5.09 Å². The zero-order valence-electron chi connectivity index (χ0n) is 19.4. The number of aromatic nitrogens is 4. The molecule has 0 radical (unpaired) electrons. The van der Waals surface area contributed by atoms with Gasteiger partial charge in [0.1, 0.15) is 11.4 Å². The Hall–Kier alpha value is -3.35. The summed E-state index contributed by atoms with van der Waals surface area (Å²) in [6, 6.07) is 16.0. The molecule has 1 amide bonds. The summed E-state index contributed by atoms with van der Waals surface area (Å²) in [4.78, 5) is 20.3. The number of amidine groups is 1. The van der Waals surface area contributed by atoms with Gasteiger partial charge in [0.15, 0.2) is 7.24 Å². The minimum Gasteiger partial charge on any atom is -0.294 e. The summed E-state index contributed by atoms with van der Waals surface area (Å²) in [6.45, 7) is 2.72. The minimum atomic E-state index is -0.498. The van der Waals surface area contributed by atoms with E-state index in [1.807, 2.05) is 29.2 Å². The van der Waals surface area contributed by atoms with Crippen LogP contribution in [0.5, 0.6) is 0 Å². The van der Waals surface area contributed by atoms with Crippen LogP contribution in [0.2, 0.25) is 1.41 Å². The van der Waals surface area contributed by atoms with Gasteiger partial charge in [-0.1, -0.05) is 74.7 Å². The van der Waals surface area contributed by atoms with Crippen LogP contribution >= 0.6 is 0 Å². The van der Waals surface area contributed by atoms with Crippen molar-refractivity contribution >= 4 is 11.7 Å². The van der Waals surface area contributed by atoms with E-state index in [1.54, 1.807) is 0 Å². The number of H-pyrrole nitrogens is 1. The van der Waals surface area contributed by atoms with Crippen LogP contribution in [0, 0.1) is 0 Å². The second kappa shape index (κ2) is 8.65. The number of tetrazole rings is 1. The predicted molar refractivity (Wildman–Crippen MR) is 124 cm³/mol. The molecular formula is C25H28N6O. The van der Waals surface area contributed by atoms with E-state index in [4.69, 9.17) is 6.40 Å². The fourth-order valence-electron chi connectivity index (χ4n) is 4.85. The third-order valence-corrected chi connectivity index (χ3v) is 6.58. The summed E-state index contributed by atoms with van der Waals surface area (Å²) < 4.78 is 7.89. The van der Waals surface area contributed by atoms with Crippen molar-refractivity contribution in [3.05, 3.63) is 54.1 Å². The molecule has 2 aliphatic rings. The Morgan fingerprint density at radius 3 is 2.53 bits per heavy atom. The number of hydrogen-bond acceptors (Lipinski definition) is 5. The molecule has 7 nitrogen and oxygen atoms in total. The molecule has 0 unspecified atom stereocenters. The molecule has 1 N–H and O–H groups in total. The SMILES string of the molecule is [2H]n1nnnc1-c1ccccc1-c1ccc(CN2C(=O)C3(CCCC3)N=C2CCCC)cc1. The third-order valence-electron chi connectivity index (χ3n) is 6.58. The van der Waals surface area contributed by atoms with E-state index in [0.29, 0.717) is 12.4 Å². The molecule has 2 aromatic carbocycles. The average Bonchev–Trinajstić information content (AvgIpc) is 3.55. The molecule has 1 aliphatic carbocycles. The number of amides is 1. The summed E-state index contributed by atoms with van der Waals surface area (Å²) in [5, 5.41) is 12.2. The summed E-state index contributed by atoms with van der Waals surface area (Å²) in [7, 11) is 0. The van der Waals surface area contributed by atoms with E-state index in [2.05, 4.69) is 46.7 Å². The summed E-state index contributed by atoms with van der Waals surface area (Å²) >= 11 is 0. The molecular weight excluding hydrogens is 400 g/mol. The Morgan fingerprint density at radius 1 is 1.09 bits per heavy atom. The molecule has 2 heterocycles. The minimum absolute atomic E-state index is 0.183. The number of rotatable bonds is 7. The van der Waals surface area contributed by atoms with Crippen molar-refractivity contribution in [2.45, 2.75) is 64.0 Å². The third kappa shape index (κ3) is 3.72. The number of unbranched alkanes of at least 4 members (excludes halogenated alkanes) is 1. The Bertz CT molecular complexity index is 1180. The topological polar surface area (TPSA) is 87.1 Å². The van der Waals surface area contributed by atoms with Crippen LogP contribution in [-0.4, -0.2) is 42.8 Å². The molecule has 1 aliphatic heterocycles. The number of aliphatic imine (C=N–C) groups is 1. The second-order valence-corrected chi connectivity index (χ2v) is 8.71. The maximum atomic E-state index is 13.4. The van der Waals surface area contributed by atoms with Crippen molar-refractivity contribution in [2.24, 2.45) is 4.99 Å². The van der Waals surface area contributed by atoms with Gasteiger partial charge in [-0.2, -0.15) is 0 Å². The monoisotopic (exact) mass is 429 g/mol. The number of nitrogens with zero attached hydrogens (tertiary/aromatic N) is 5. The first kappa shape index (κ1) is 19.3. The van der Waals surface area contributed by atoms with Crippen LogP contribution in [0.3, 0.4) is 0 Å². The van der Waals surface area contributed by atoms with Crippen molar-refractivity contribution < 1.29 is 6.21 Å². The average molecular weight is 430 g/mol. The highest BCUT2D eigenvalue weighted by Gasteiger charge is 2.49. The highest BCUT2D eigenvalue weighted by Crippen LogP contribution is 2.40. The van der Waals surface area contributed by atoms with E-state index in [-0.39, 0.29) is 5.91 Å². The zero-order chi connectivity index (χ0) is 22.8. The quantitative estimate of drug-likeness (QED) is 0.586. The van der Waals surface area contributed by atoms with Crippen LogP contribution in [0.15, 0.2) is 53.5 Å². The van der Waals surface area contributed by atoms with Gasteiger partial charge in [0.25, 0.3) is 5.91 Å². The van der Waals surface area contributed by atoms with Crippen LogP contribution in [-0.2, 0) is 11.3 Å². The van der Waals surface area contributed by atoms with Crippen molar-refractivity contribution in [2.75, 3.05) is 0 Å². The highest BCUT2D eigenvalue weighted by molar-refractivity contribution is 6.08. The number of carbonyl (C=O) groups excluding carboxylic acids is 1. The summed E-state index contributed by atoms with van der Waals surface area (Å²) in [5.41, 5.74) is 3.35. The zero-order valence-corrected chi connectivity index (χ0v) is 18.4. The fraction of sp³-hybridized carbons (Fsp3) is 0.400. The Balaban J connectivity index is 1.39. The molecule has 1 aromatic heterocycles. The summed E-state index contributed by atoms with van der Waals surface area (Å²) in [5.74, 6) is 1.54. The normalized spacial score (nSPS) is 17.8. The molecule has 7 heteroatoms. The molecule has 1 spiro atoms. The Kier molecular flexibility index (Phi) is 5.23. The molecule has 1 fully saturated rings. The second-order valence-electron chi connectivity index (χ2n) is 8.71. The van der Waals surface area contributed by atoms with E-state index >= 15 is 0 Å². The van der Waals surface area contributed by atoms with Crippen molar-refractivity contribution in [1.82, 2.24) is 25.5 Å². The van der Waals surface area contributed by atoms with Gasteiger partial charge < -0.3 is 0 Å². The molecule has 1 saturated carbocycles. The van der Waals surface area contributed by atoms with Crippen LogP contribution in [0.25, 0.3) is 22.5 Å². The molecule has 3 aromatic rings. The molecule has 0 atom stereocenters. The van der Waals surface area contributed by atoms with Crippen molar-refractivity contribution in [1.29, 1.82) is 0 Å². The lowest BCUT2D eigenvalue weighted by Crippen LogP contribution is -2.40. The number of carbonyl (C=O) groups is 1. The van der Waals surface area contributed by atoms with Gasteiger partial charge >= 0.3 is 0 Å². The van der Waals surface area contributed by atoms with Crippen molar-refractivity contribution in [3.8, 4) is 22.5 Å². The predicted octanol–water partition coefficient (Wildman–Crippen LogP) is 4.78. The van der Waals surface area contributed by atoms with Crippen LogP contribution < -0.4 is 0 Å². The molecule has 0 bridgehead atoms. The summed E-state index contributed by atoms with van der Waals surface area (Å²) in [6.07, 6.45) is 6.91. The molecule has 0 saturated heterocycles. The smallest absolute Gasteiger partial charge is 0.256 e. The largest absolute Gasteiger partial charge is 0.294 e. The fourth-order valence-corrected chi connectivity index (χ4v) is 4.85. The van der Waals surface area contributed by atoms with Gasteiger partial charge in [-0.3, -0.25) is 14.7 Å². The Morgan fingerprint density at radius 2 is 1.84 bits per heavy atom. The number of hydrogen-bond donors (Lipinski definition) is 1. The lowest BCUT2D eigenvalue weighted by molar-refractivity contribution is -0.131. The van der Waals surface area contributed by atoms with E-state index < -0.39 is 5.54 Å². The van der Waals surface area contributed by atoms with Gasteiger partial charge in [-0.05, 0) is 46.4 Å².